The van der Waals surface area contributed by atoms with Crippen molar-refractivity contribution in [1.82, 2.24) is 14.8 Å². The normalized spacial score (nSPS) is 18.6. The minimum absolute atomic E-state index is 0.223. The number of hydrogen-bond acceptors (Lipinski definition) is 5. The molecule has 0 bridgehead atoms. The van der Waals surface area contributed by atoms with Crippen molar-refractivity contribution < 1.29 is 4.79 Å². The molecule has 2 aliphatic rings. The summed E-state index contributed by atoms with van der Waals surface area (Å²) in [5.41, 5.74) is 4.52. The maximum Gasteiger partial charge on any atom is 0.241 e. The van der Waals surface area contributed by atoms with Gasteiger partial charge in [0.05, 0.1) is 17.2 Å². The molecule has 0 spiro atoms. The third-order valence-corrected chi connectivity index (χ3v) is 5.92. The smallest absolute Gasteiger partial charge is 0.241 e. The average Bonchev–Trinajstić information content (AvgIpc) is 3.22. The first-order valence-electron chi connectivity index (χ1n) is 8.87. The van der Waals surface area contributed by atoms with Gasteiger partial charge in [-0.2, -0.15) is 0 Å². The van der Waals surface area contributed by atoms with Gasteiger partial charge in [0.2, 0.25) is 5.91 Å². The molecule has 1 amide bonds. The van der Waals surface area contributed by atoms with Gasteiger partial charge < -0.3 is 9.80 Å². The van der Waals surface area contributed by atoms with Gasteiger partial charge >= 0.3 is 0 Å². The Morgan fingerprint density at radius 2 is 2.00 bits per heavy atom. The maximum atomic E-state index is 12.8. The molecule has 0 radical (unpaired) electrons. The highest BCUT2D eigenvalue weighted by Crippen LogP contribution is 2.32. The van der Waals surface area contributed by atoms with Gasteiger partial charge in [-0.25, -0.2) is 4.98 Å². The molecule has 0 N–H and O–H groups in total. The molecule has 2 aliphatic heterocycles. The summed E-state index contributed by atoms with van der Waals surface area (Å²) < 4.78 is 0. The molecular formula is C19H24N4OS. The Labute approximate surface area is 152 Å². The molecule has 0 atom stereocenters. The van der Waals surface area contributed by atoms with E-state index < -0.39 is 0 Å². The number of nitrogens with zero attached hydrogens (tertiary/aromatic N) is 4. The first-order valence-corrected chi connectivity index (χ1v) is 9.75. The van der Waals surface area contributed by atoms with Gasteiger partial charge in [0, 0.05) is 49.4 Å². The lowest BCUT2D eigenvalue weighted by molar-refractivity contribution is -0.120. The Morgan fingerprint density at radius 1 is 1.20 bits per heavy atom. The van der Waals surface area contributed by atoms with E-state index >= 15 is 0 Å². The van der Waals surface area contributed by atoms with Crippen molar-refractivity contribution in [1.29, 1.82) is 0 Å². The number of piperazine rings is 1. The van der Waals surface area contributed by atoms with E-state index in [9.17, 15) is 4.79 Å². The van der Waals surface area contributed by atoms with Crippen LogP contribution in [0.1, 0.15) is 10.6 Å². The van der Waals surface area contributed by atoms with Gasteiger partial charge in [-0.1, -0.05) is 6.07 Å². The summed E-state index contributed by atoms with van der Waals surface area (Å²) in [5, 5.41) is 3.18. The summed E-state index contributed by atoms with van der Waals surface area (Å²) in [6.45, 7) is 7.39. The minimum atomic E-state index is 0.223. The van der Waals surface area contributed by atoms with E-state index in [4.69, 9.17) is 0 Å². The average molecular weight is 356 g/mol. The first kappa shape index (κ1) is 16.7. The molecule has 0 unspecified atom stereocenters. The van der Waals surface area contributed by atoms with E-state index in [0.717, 1.165) is 61.1 Å². The Hall–Kier alpha value is -1.76. The summed E-state index contributed by atoms with van der Waals surface area (Å²) in [6.07, 6.45) is 0.931. The summed E-state index contributed by atoms with van der Waals surface area (Å²) in [5.74, 6) is 0.223. The molecule has 1 fully saturated rings. The number of aryl methyl sites for hydroxylation is 1. The number of rotatable bonds is 3. The van der Waals surface area contributed by atoms with E-state index in [2.05, 4.69) is 45.4 Å². The molecule has 132 valence electrons. The van der Waals surface area contributed by atoms with Gasteiger partial charge in [-0.15, -0.1) is 11.3 Å². The van der Waals surface area contributed by atoms with E-state index in [1.165, 1.54) is 5.56 Å². The van der Waals surface area contributed by atoms with Crippen LogP contribution in [0.25, 0.3) is 11.3 Å². The number of hydrogen-bond donors (Lipinski definition) is 0. The second-order valence-corrected chi connectivity index (χ2v) is 8.03. The van der Waals surface area contributed by atoms with Crippen LogP contribution in [0.3, 0.4) is 0 Å². The van der Waals surface area contributed by atoms with Crippen molar-refractivity contribution in [2.75, 3.05) is 51.2 Å². The number of aromatic nitrogens is 1. The number of likely N-dealkylation sites (N-methyl/N-ethyl adjacent to an activating group) is 1. The van der Waals surface area contributed by atoms with Gasteiger partial charge in [-0.3, -0.25) is 9.69 Å². The number of benzene rings is 1. The zero-order valence-corrected chi connectivity index (χ0v) is 15.7. The lowest BCUT2D eigenvalue weighted by atomic mass is 10.1. The van der Waals surface area contributed by atoms with E-state index in [1.807, 2.05) is 11.8 Å². The van der Waals surface area contributed by atoms with Crippen molar-refractivity contribution in [3.05, 3.63) is 34.2 Å². The fraction of sp³-hybridized carbons (Fsp3) is 0.474. The number of amides is 1. The first-order chi connectivity index (χ1) is 12.1. The van der Waals surface area contributed by atoms with Crippen LogP contribution in [0.15, 0.2) is 23.6 Å². The largest absolute Gasteiger partial charge is 0.311 e. The van der Waals surface area contributed by atoms with Crippen molar-refractivity contribution in [3.63, 3.8) is 0 Å². The molecule has 0 aliphatic carbocycles. The third kappa shape index (κ3) is 3.47. The fourth-order valence-electron chi connectivity index (χ4n) is 3.60. The fourth-order valence-corrected chi connectivity index (χ4v) is 4.22. The van der Waals surface area contributed by atoms with Gasteiger partial charge in [-0.05, 0) is 38.1 Å². The van der Waals surface area contributed by atoms with Gasteiger partial charge in [0.15, 0.2) is 0 Å². The summed E-state index contributed by atoms with van der Waals surface area (Å²) in [6, 6.07) is 6.38. The molecule has 4 rings (SSSR count). The zero-order chi connectivity index (χ0) is 17.4. The lowest BCUT2D eigenvalue weighted by Gasteiger charge is -2.32. The van der Waals surface area contributed by atoms with Crippen LogP contribution < -0.4 is 4.90 Å². The molecule has 1 aromatic carbocycles. The SMILES string of the molecule is Cc1nc(-c2ccc3c(c2)CCN3C(=O)CN2CCN(C)CC2)cs1. The van der Waals surface area contributed by atoms with Gasteiger partial charge in [0.1, 0.15) is 0 Å². The van der Waals surface area contributed by atoms with Crippen molar-refractivity contribution in [2.45, 2.75) is 13.3 Å². The molecule has 3 heterocycles. The number of fused-ring (bicyclic) bond motifs is 1. The third-order valence-electron chi connectivity index (χ3n) is 5.15. The monoisotopic (exact) mass is 356 g/mol. The van der Waals surface area contributed by atoms with E-state index in [0.29, 0.717) is 6.54 Å². The zero-order valence-electron chi connectivity index (χ0n) is 14.9. The maximum absolute atomic E-state index is 12.8. The van der Waals surface area contributed by atoms with Crippen molar-refractivity contribution in [3.8, 4) is 11.3 Å². The van der Waals surface area contributed by atoms with Crippen molar-refractivity contribution >= 4 is 22.9 Å². The molecule has 6 heteroatoms. The highest BCUT2D eigenvalue weighted by molar-refractivity contribution is 7.09. The molecule has 1 aromatic heterocycles. The topological polar surface area (TPSA) is 39.7 Å². The van der Waals surface area contributed by atoms with Crippen LogP contribution in [0, 0.1) is 6.92 Å². The predicted octanol–water partition coefficient (Wildman–Crippen LogP) is 2.26. The standard InChI is InChI=1S/C19H24N4OS/c1-14-20-17(13-25-14)15-3-4-18-16(11-15)5-6-23(18)19(24)12-22-9-7-21(2)8-10-22/h3-4,11,13H,5-10,12H2,1-2H3. The Kier molecular flexibility index (Phi) is 4.58. The number of thiazole rings is 1. The van der Waals surface area contributed by atoms with E-state index in [-0.39, 0.29) is 5.91 Å². The molecule has 25 heavy (non-hydrogen) atoms. The minimum Gasteiger partial charge on any atom is -0.311 e. The van der Waals surface area contributed by atoms with Crippen LogP contribution >= 0.6 is 11.3 Å². The van der Waals surface area contributed by atoms with Crippen LogP contribution in [-0.4, -0.2) is 67.0 Å². The Morgan fingerprint density at radius 3 is 2.72 bits per heavy atom. The lowest BCUT2D eigenvalue weighted by Crippen LogP contribution is -2.48. The predicted molar refractivity (Wildman–Crippen MR) is 102 cm³/mol. The molecule has 1 saturated heterocycles. The van der Waals surface area contributed by atoms with Crippen LogP contribution in [0.4, 0.5) is 5.69 Å². The molecule has 0 saturated carbocycles. The number of carbonyl (C=O) groups excluding carboxylic acids is 1. The quantitative estimate of drug-likeness (QED) is 0.846. The molecule has 5 nitrogen and oxygen atoms in total. The highest BCUT2D eigenvalue weighted by Gasteiger charge is 2.27. The summed E-state index contributed by atoms with van der Waals surface area (Å²) >= 11 is 1.67. The van der Waals surface area contributed by atoms with E-state index in [1.54, 1.807) is 11.3 Å². The van der Waals surface area contributed by atoms with Crippen LogP contribution in [-0.2, 0) is 11.2 Å². The number of carbonyl (C=O) groups is 1. The Bertz CT molecular complexity index is 779. The second kappa shape index (κ2) is 6.86. The Balaban J connectivity index is 1.47. The summed E-state index contributed by atoms with van der Waals surface area (Å²) in [4.78, 5) is 23.9. The van der Waals surface area contributed by atoms with Crippen LogP contribution in [0.5, 0.6) is 0 Å². The molecule has 2 aromatic rings. The second-order valence-electron chi connectivity index (χ2n) is 6.97. The molecular weight excluding hydrogens is 332 g/mol. The summed E-state index contributed by atoms with van der Waals surface area (Å²) in [7, 11) is 2.14. The van der Waals surface area contributed by atoms with Crippen molar-refractivity contribution in [2.24, 2.45) is 0 Å². The van der Waals surface area contributed by atoms with Crippen LogP contribution in [0.2, 0.25) is 0 Å². The van der Waals surface area contributed by atoms with Gasteiger partial charge in [0.25, 0.3) is 0 Å². The highest BCUT2D eigenvalue weighted by atomic mass is 32.1. The number of anilines is 1.